The summed E-state index contributed by atoms with van der Waals surface area (Å²) in [5.74, 6) is 0. The van der Waals surface area contributed by atoms with Crippen LogP contribution in [0.5, 0.6) is 0 Å². The van der Waals surface area contributed by atoms with Gasteiger partial charge < -0.3 is 5.32 Å². The summed E-state index contributed by atoms with van der Waals surface area (Å²) in [6.07, 6.45) is 3.08. The third-order valence-electron chi connectivity index (χ3n) is 2.20. The quantitative estimate of drug-likeness (QED) is 0.789. The Balaban J connectivity index is 1.76. The van der Waals surface area contributed by atoms with Crippen LogP contribution in [0.15, 0.2) is 40.9 Å². The number of nitrogens with zero attached hydrogens (tertiary/aromatic N) is 2. The first kappa shape index (κ1) is 11.0. The highest BCUT2D eigenvalue weighted by molar-refractivity contribution is 7.09. The van der Waals surface area contributed by atoms with Crippen LogP contribution in [0.25, 0.3) is 0 Å². The van der Waals surface area contributed by atoms with E-state index in [0.717, 1.165) is 13.1 Å². The summed E-state index contributed by atoms with van der Waals surface area (Å²) in [6, 6.07) is 5.60. The highest BCUT2D eigenvalue weighted by Crippen LogP contribution is 2.06. The molecule has 2 heterocycles. The Morgan fingerprint density at radius 3 is 3.12 bits per heavy atom. The molecule has 16 heavy (non-hydrogen) atoms. The second-order valence-corrected chi connectivity index (χ2v) is 4.40. The first-order valence-electron chi connectivity index (χ1n) is 5.10. The van der Waals surface area contributed by atoms with Crippen molar-refractivity contribution in [3.8, 4) is 0 Å². The van der Waals surface area contributed by atoms with E-state index in [1.807, 2.05) is 6.07 Å². The Morgan fingerprint density at radius 2 is 2.38 bits per heavy atom. The van der Waals surface area contributed by atoms with Crippen molar-refractivity contribution in [1.82, 2.24) is 14.9 Å². The number of hydrogen-bond acceptors (Lipinski definition) is 4. The molecule has 0 spiro atoms. The summed E-state index contributed by atoms with van der Waals surface area (Å²) in [7, 11) is 0. The first-order chi connectivity index (χ1) is 7.86. The van der Waals surface area contributed by atoms with Gasteiger partial charge >= 0.3 is 0 Å². The van der Waals surface area contributed by atoms with Crippen molar-refractivity contribution in [1.29, 1.82) is 0 Å². The lowest BCUT2D eigenvalue weighted by Crippen LogP contribution is -2.26. The van der Waals surface area contributed by atoms with E-state index in [9.17, 15) is 4.79 Å². The summed E-state index contributed by atoms with van der Waals surface area (Å²) in [6.45, 7) is 2.27. The van der Waals surface area contributed by atoms with Gasteiger partial charge in [0.05, 0.1) is 6.33 Å². The molecule has 0 saturated heterocycles. The number of aromatic nitrogens is 2. The van der Waals surface area contributed by atoms with Crippen molar-refractivity contribution in [2.75, 3.05) is 6.54 Å². The molecule has 0 aromatic carbocycles. The number of nitrogens with one attached hydrogen (secondary N) is 1. The Kier molecular flexibility index (Phi) is 3.85. The molecule has 0 saturated carbocycles. The van der Waals surface area contributed by atoms with E-state index >= 15 is 0 Å². The number of hydrogen-bond donors (Lipinski definition) is 1. The average Bonchev–Trinajstić information content (AvgIpc) is 2.79. The van der Waals surface area contributed by atoms with E-state index in [0.29, 0.717) is 6.54 Å². The van der Waals surface area contributed by atoms with Crippen LogP contribution in [0.1, 0.15) is 4.88 Å². The van der Waals surface area contributed by atoms with E-state index in [1.54, 1.807) is 22.2 Å². The van der Waals surface area contributed by atoms with Gasteiger partial charge in [-0.1, -0.05) is 6.07 Å². The Morgan fingerprint density at radius 1 is 1.44 bits per heavy atom. The maximum absolute atomic E-state index is 11.3. The van der Waals surface area contributed by atoms with Gasteiger partial charge in [-0.05, 0) is 11.4 Å². The van der Waals surface area contributed by atoms with Gasteiger partial charge in [-0.15, -0.1) is 11.3 Å². The van der Waals surface area contributed by atoms with Crippen molar-refractivity contribution in [2.24, 2.45) is 0 Å². The van der Waals surface area contributed by atoms with Crippen molar-refractivity contribution in [2.45, 2.75) is 13.1 Å². The molecule has 0 aliphatic carbocycles. The molecule has 0 aliphatic rings. The first-order valence-corrected chi connectivity index (χ1v) is 5.98. The molecule has 4 nitrogen and oxygen atoms in total. The monoisotopic (exact) mass is 235 g/mol. The number of rotatable bonds is 5. The SMILES string of the molecule is O=c1ccncn1CCNCc1cccs1. The zero-order chi connectivity index (χ0) is 11.2. The fourth-order valence-electron chi connectivity index (χ4n) is 1.37. The van der Waals surface area contributed by atoms with Crippen LogP contribution >= 0.6 is 11.3 Å². The van der Waals surface area contributed by atoms with Crippen molar-refractivity contribution >= 4 is 11.3 Å². The second kappa shape index (κ2) is 5.58. The topological polar surface area (TPSA) is 46.9 Å². The van der Waals surface area contributed by atoms with Gasteiger partial charge in [0.1, 0.15) is 0 Å². The van der Waals surface area contributed by atoms with E-state index in [2.05, 4.69) is 21.7 Å². The molecular weight excluding hydrogens is 222 g/mol. The molecule has 84 valence electrons. The minimum absolute atomic E-state index is 0.00655. The van der Waals surface area contributed by atoms with Crippen molar-refractivity contribution in [3.05, 3.63) is 51.3 Å². The molecule has 1 N–H and O–H groups in total. The van der Waals surface area contributed by atoms with Crippen LogP contribution in [-0.4, -0.2) is 16.1 Å². The zero-order valence-electron chi connectivity index (χ0n) is 8.80. The fraction of sp³-hybridized carbons (Fsp3) is 0.273. The van der Waals surface area contributed by atoms with Gasteiger partial charge in [0.15, 0.2) is 0 Å². The fourth-order valence-corrected chi connectivity index (χ4v) is 2.05. The molecule has 5 heteroatoms. The van der Waals surface area contributed by atoms with Crippen molar-refractivity contribution < 1.29 is 0 Å². The summed E-state index contributed by atoms with van der Waals surface area (Å²) in [4.78, 5) is 16.6. The van der Waals surface area contributed by atoms with Crippen LogP contribution < -0.4 is 10.9 Å². The number of thiophene rings is 1. The van der Waals surface area contributed by atoms with Gasteiger partial charge in [0, 0.05) is 36.8 Å². The molecular formula is C11H13N3OS. The second-order valence-electron chi connectivity index (χ2n) is 3.37. The zero-order valence-corrected chi connectivity index (χ0v) is 9.61. The molecule has 0 bridgehead atoms. The normalized spacial score (nSPS) is 10.5. The Hall–Kier alpha value is -1.46. The minimum Gasteiger partial charge on any atom is -0.310 e. The molecule has 2 aromatic heterocycles. The minimum atomic E-state index is -0.00655. The molecule has 0 amide bonds. The summed E-state index contributed by atoms with van der Waals surface area (Å²) in [5, 5.41) is 5.34. The Labute approximate surface area is 97.6 Å². The third kappa shape index (κ3) is 3.01. The molecule has 0 atom stereocenters. The maximum atomic E-state index is 11.3. The van der Waals surface area contributed by atoms with E-state index < -0.39 is 0 Å². The lowest BCUT2D eigenvalue weighted by Gasteiger charge is -2.05. The molecule has 2 rings (SSSR count). The van der Waals surface area contributed by atoms with Crippen LogP contribution in [-0.2, 0) is 13.1 Å². The summed E-state index contributed by atoms with van der Waals surface area (Å²) < 4.78 is 1.60. The van der Waals surface area contributed by atoms with Crippen LogP contribution in [0.3, 0.4) is 0 Å². The van der Waals surface area contributed by atoms with E-state index in [-0.39, 0.29) is 5.56 Å². The predicted octanol–water partition coefficient (Wildman–Crippen LogP) is 1.09. The van der Waals surface area contributed by atoms with Gasteiger partial charge in [0.2, 0.25) is 0 Å². The summed E-state index contributed by atoms with van der Waals surface area (Å²) in [5.41, 5.74) is -0.00655. The molecule has 0 unspecified atom stereocenters. The van der Waals surface area contributed by atoms with E-state index in [1.165, 1.54) is 17.1 Å². The largest absolute Gasteiger partial charge is 0.310 e. The standard InChI is InChI=1S/C11H13N3OS/c15-11-3-4-13-9-14(11)6-5-12-8-10-2-1-7-16-10/h1-4,7,9,12H,5-6,8H2. The van der Waals surface area contributed by atoms with E-state index in [4.69, 9.17) is 0 Å². The van der Waals surface area contributed by atoms with Gasteiger partial charge in [0.25, 0.3) is 5.56 Å². The maximum Gasteiger partial charge on any atom is 0.253 e. The molecule has 2 aromatic rings. The summed E-state index contributed by atoms with van der Waals surface area (Å²) >= 11 is 1.73. The van der Waals surface area contributed by atoms with Gasteiger partial charge in [-0.25, -0.2) is 4.98 Å². The molecule has 0 fully saturated rings. The molecule has 0 radical (unpaired) electrons. The predicted molar refractivity (Wildman–Crippen MR) is 64.5 cm³/mol. The Bertz CT molecular complexity index is 478. The van der Waals surface area contributed by atoms with Crippen molar-refractivity contribution in [3.63, 3.8) is 0 Å². The average molecular weight is 235 g/mol. The lowest BCUT2D eigenvalue weighted by atomic mass is 10.4. The highest BCUT2D eigenvalue weighted by atomic mass is 32.1. The molecule has 0 aliphatic heterocycles. The van der Waals surface area contributed by atoms with Crippen LogP contribution in [0, 0.1) is 0 Å². The van der Waals surface area contributed by atoms with Crippen LogP contribution in [0.2, 0.25) is 0 Å². The van der Waals surface area contributed by atoms with Gasteiger partial charge in [-0.3, -0.25) is 9.36 Å². The highest BCUT2D eigenvalue weighted by Gasteiger charge is 1.95. The lowest BCUT2D eigenvalue weighted by molar-refractivity contribution is 0.581. The third-order valence-corrected chi connectivity index (χ3v) is 3.08. The van der Waals surface area contributed by atoms with Gasteiger partial charge in [-0.2, -0.15) is 0 Å². The smallest absolute Gasteiger partial charge is 0.253 e. The van der Waals surface area contributed by atoms with Crippen LogP contribution in [0.4, 0.5) is 0 Å².